The summed E-state index contributed by atoms with van der Waals surface area (Å²) in [6.07, 6.45) is 5.20. The summed E-state index contributed by atoms with van der Waals surface area (Å²) in [5.41, 5.74) is 0.986. The summed E-state index contributed by atoms with van der Waals surface area (Å²) in [6, 6.07) is 8.30. The van der Waals surface area contributed by atoms with Crippen molar-refractivity contribution >= 4 is 34.2 Å². The van der Waals surface area contributed by atoms with Gasteiger partial charge in [-0.1, -0.05) is 23.7 Å². The van der Waals surface area contributed by atoms with Crippen LogP contribution in [0.1, 0.15) is 43.6 Å². The third-order valence-electron chi connectivity index (χ3n) is 7.72. The number of benzene rings is 1. The van der Waals surface area contributed by atoms with E-state index >= 15 is 0 Å². The fourth-order valence-electron chi connectivity index (χ4n) is 5.91. The number of fused-ring (bicyclic) bond motifs is 3. The highest BCUT2D eigenvalue weighted by atomic mass is 35.5. The van der Waals surface area contributed by atoms with E-state index in [2.05, 4.69) is 27.3 Å². The normalized spacial score (nSPS) is 29.9. The Kier molecular flexibility index (Phi) is 5.08. The number of piperidine rings is 1. The maximum Gasteiger partial charge on any atom is 0.238 e. The van der Waals surface area contributed by atoms with Gasteiger partial charge in [0.2, 0.25) is 11.8 Å². The number of aliphatic hydroxyl groups excluding tert-OH is 1. The number of rotatable bonds is 5. The quantitative estimate of drug-likeness (QED) is 0.685. The zero-order chi connectivity index (χ0) is 21.9. The number of hydrogen-bond donors (Lipinski definition) is 2. The van der Waals surface area contributed by atoms with Crippen molar-refractivity contribution in [2.75, 3.05) is 35.9 Å². The predicted octanol–water partition coefficient (Wildman–Crippen LogP) is 3.54. The van der Waals surface area contributed by atoms with Gasteiger partial charge in [0.15, 0.2) is 11.8 Å². The molecule has 2 aliphatic carbocycles. The zero-order valence-corrected chi connectivity index (χ0v) is 19.4. The minimum absolute atomic E-state index is 0.0330. The number of anilines is 2. The van der Waals surface area contributed by atoms with Gasteiger partial charge >= 0.3 is 0 Å². The summed E-state index contributed by atoms with van der Waals surface area (Å²) in [6.45, 7) is 1.80. The first-order chi connectivity index (χ1) is 15.5. The van der Waals surface area contributed by atoms with Crippen molar-refractivity contribution in [1.29, 1.82) is 0 Å². The van der Waals surface area contributed by atoms with Crippen molar-refractivity contribution in [3.05, 3.63) is 34.9 Å². The summed E-state index contributed by atoms with van der Waals surface area (Å²) >= 11 is 6.10. The molecular weight excluding hydrogens is 448 g/mol. The fourth-order valence-corrected chi connectivity index (χ4v) is 6.98. The highest BCUT2D eigenvalue weighted by Crippen LogP contribution is 2.49. The average Bonchev–Trinajstić information content (AvgIpc) is 3.27. The van der Waals surface area contributed by atoms with E-state index in [1.165, 1.54) is 18.4 Å². The van der Waals surface area contributed by atoms with E-state index in [4.69, 9.17) is 21.3 Å². The summed E-state index contributed by atoms with van der Waals surface area (Å²) in [5, 5.41) is 14.1. The Morgan fingerprint density at radius 2 is 1.91 bits per heavy atom. The maximum atomic E-state index is 12.6. The second-order valence-corrected chi connectivity index (χ2v) is 11.4. The first kappa shape index (κ1) is 20.7. The summed E-state index contributed by atoms with van der Waals surface area (Å²) < 4.78 is 18.2. The summed E-state index contributed by atoms with van der Waals surface area (Å²) in [4.78, 5) is 12.3. The Hall–Kier alpha value is -1.90. The van der Waals surface area contributed by atoms with E-state index in [-0.39, 0.29) is 18.1 Å². The molecule has 2 aliphatic heterocycles. The van der Waals surface area contributed by atoms with Crippen LogP contribution in [0, 0.1) is 11.8 Å². The molecule has 2 saturated carbocycles. The standard InChI is InChI=1S/C23H27ClN4O3S/c24-17-6-4-14(5-7-17)18-15-2-3-16(18)11-28(10-15)22-25-20(27-23(12-29)8-1-9-23)19-21(26-22)31-13-32(19)30/h4-7,15-16,18,29H,1-3,8-13H2,(H,25,26,27)/t15?,16?,18?,32-/m0/s1. The zero-order valence-electron chi connectivity index (χ0n) is 17.8. The molecule has 6 rings (SSSR count). The molecule has 170 valence electrons. The van der Waals surface area contributed by atoms with Gasteiger partial charge in [0.25, 0.3) is 0 Å². The number of aromatic nitrogens is 2. The smallest absolute Gasteiger partial charge is 0.238 e. The van der Waals surface area contributed by atoms with Crippen LogP contribution in [0.15, 0.2) is 29.2 Å². The Bertz CT molecular complexity index is 1040. The molecule has 3 fully saturated rings. The summed E-state index contributed by atoms with van der Waals surface area (Å²) in [7, 11) is -1.29. The second kappa shape index (κ2) is 7.85. The number of hydrogen-bond acceptors (Lipinski definition) is 7. The van der Waals surface area contributed by atoms with Gasteiger partial charge in [-0.05, 0) is 67.6 Å². The van der Waals surface area contributed by atoms with Crippen molar-refractivity contribution in [3.63, 3.8) is 0 Å². The van der Waals surface area contributed by atoms with Crippen LogP contribution in [0.25, 0.3) is 0 Å². The van der Waals surface area contributed by atoms with E-state index in [9.17, 15) is 9.32 Å². The molecule has 2 bridgehead atoms. The number of nitrogens with one attached hydrogen (secondary N) is 1. The second-order valence-electron chi connectivity index (χ2n) is 9.61. The molecule has 1 aromatic carbocycles. The molecule has 2 N–H and O–H groups in total. The predicted molar refractivity (Wildman–Crippen MR) is 124 cm³/mol. The monoisotopic (exact) mass is 474 g/mol. The summed E-state index contributed by atoms with van der Waals surface area (Å²) in [5.74, 6) is 3.31. The van der Waals surface area contributed by atoms with Crippen LogP contribution in [-0.4, -0.2) is 50.5 Å². The van der Waals surface area contributed by atoms with Crippen molar-refractivity contribution in [3.8, 4) is 5.88 Å². The van der Waals surface area contributed by atoms with Crippen molar-refractivity contribution in [2.24, 2.45) is 11.8 Å². The van der Waals surface area contributed by atoms with Crippen LogP contribution >= 0.6 is 11.6 Å². The van der Waals surface area contributed by atoms with Gasteiger partial charge in [-0.15, -0.1) is 0 Å². The van der Waals surface area contributed by atoms with Gasteiger partial charge in [-0.3, -0.25) is 4.21 Å². The van der Waals surface area contributed by atoms with E-state index in [0.717, 1.165) is 37.4 Å². The first-order valence-corrected chi connectivity index (χ1v) is 13.1. The molecule has 3 atom stereocenters. The van der Waals surface area contributed by atoms with Gasteiger partial charge in [0, 0.05) is 18.1 Å². The van der Waals surface area contributed by atoms with Gasteiger partial charge in [0.1, 0.15) is 15.7 Å². The van der Waals surface area contributed by atoms with E-state index < -0.39 is 10.8 Å². The van der Waals surface area contributed by atoms with Gasteiger partial charge in [0.05, 0.1) is 12.1 Å². The molecule has 2 unspecified atom stereocenters. The lowest BCUT2D eigenvalue weighted by atomic mass is 9.77. The average molecular weight is 475 g/mol. The van der Waals surface area contributed by atoms with E-state index in [1.807, 2.05) is 12.1 Å². The Morgan fingerprint density at radius 3 is 2.53 bits per heavy atom. The lowest BCUT2D eigenvalue weighted by molar-refractivity contribution is 0.143. The number of halogens is 1. The molecule has 2 aromatic rings. The molecule has 4 aliphatic rings. The molecule has 9 heteroatoms. The fraction of sp³-hybridized carbons (Fsp3) is 0.565. The van der Waals surface area contributed by atoms with Crippen LogP contribution in [0.3, 0.4) is 0 Å². The SMILES string of the molecule is O=[S@]1COc2nc(N3CC4CCC(C3)C4c3ccc(Cl)cc3)nc(NC3(CO)CCC3)c21. The molecule has 7 nitrogen and oxygen atoms in total. The highest BCUT2D eigenvalue weighted by molar-refractivity contribution is 7.85. The van der Waals surface area contributed by atoms with Crippen LogP contribution in [0.2, 0.25) is 5.02 Å². The number of ether oxygens (including phenoxy) is 1. The Labute approximate surface area is 195 Å². The van der Waals surface area contributed by atoms with Gasteiger partial charge in [-0.2, -0.15) is 9.97 Å². The van der Waals surface area contributed by atoms with E-state index in [1.54, 1.807) is 0 Å². The third-order valence-corrected chi connectivity index (χ3v) is 9.13. The third kappa shape index (κ3) is 3.38. The van der Waals surface area contributed by atoms with Gasteiger partial charge < -0.3 is 20.1 Å². The van der Waals surface area contributed by atoms with Gasteiger partial charge in [-0.25, -0.2) is 0 Å². The minimum atomic E-state index is -1.29. The Balaban J connectivity index is 1.30. The largest absolute Gasteiger partial charge is 0.463 e. The highest BCUT2D eigenvalue weighted by Gasteiger charge is 2.44. The van der Waals surface area contributed by atoms with Crippen molar-refractivity contribution in [1.82, 2.24) is 9.97 Å². The first-order valence-electron chi connectivity index (χ1n) is 11.4. The number of aliphatic hydroxyl groups is 1. The molecule has 0 spiro atoms. The molecule has 0 radical (unpaired) electrons. The molecule has 3 heterocycles. The van der Waals surface area contributed by atoms with Crippen LogP contribution in [0.4, 0.5) is 11.8 Å². The molecule has 0 amide bonds. The lowest BCUT2D eigenvalue weighted by Crippen LogP contribution is -2.49. The molecule has 32 heavy (non-hydrogen) atoms. The Morgan fingerprint density at radius 1 is 1.19 bits per heavy atom. The molecular formula is C23H27ClN4O3S. The lowest BCUT2D eigenvalue weighted by Gasteiger charge is -2.42. The van der Waals surface area contributed by atoms with Crippen molar-refractivity contribution in [2.45, 2.75) is 48.5 Å². The molecule has 1 saturated heterocycles. The van der Waals surface area contributed by atoms with Crippen LogP contribution < -0.4 is 15.0 Å². The van der Waals surface area contributed by atoms with Crippen molar-refractivity contribution < 1.29 is 14.1 Å². The maximum absolute atomic E-state index is 12.6. The number of nitrogens with zero attached hydrogens (tertiary/aromatic N) is 3. The van der Waals surface area contributed by atoms with E-state index in [0.29, 0.717) is 40.3 Å². The minimum Gasteiger partial charge on any atom is -0.463 e. The van der Waals surface area contributed by atoms with Crippen LogP contribution in [-0.2, 0) is 10.8 Å². The topological polar surface area (TPSA) is 87.6 Å². The molecule has 1 aromatic heterocycles. The van der Waals surface area contributed by atoms with Crippen LogP contribution in [0.5, 0.6) is 5.88 Å².